The van der Waals surface area contributed by atoms with Gasteiger partial charge in [-0.15, -0.1) is 10.2 Å². The van der Waals surface area contributed by atoms with Crippen LogP contribution in [0.2, 0.25) is 5.02 Å². The maximum Gasteiger partial charge on any atom is 0.308 e. The van der Waals surface area contributed by atoms with Crippen LogP contribution in [0.4, 0.5) is 5.69 Å². The monoisotopic (exact) mass is 520 g/mol. The van der Waals surface area contributed by atoms with Gasteiger partial charge in [0.1, 0.15) is 6.04 Å². The summed E-state index contributed by atoms with van der Waals surface area (Å²) in [6.07, 6.45) is 0.599. The summed E-state index contributed by atoms with van der Waals surface area (Å²) in [5.74, 6) is 1.11. The fraction of sp³-hybridized carbons (Fsp3) is 0.250. The largest absolute Gasteiger partial charge is 0.490 e. The topological polar surface area (TPSA) is 98.5 Å². The van der Waals surface area contributed by atoms with Crippen LogP contribution in [0, 0.1) is 0 Å². The number of aromatic nitrogens is 2. The van der Waals surface area contributed by atoms with E-state index in [0.717, 1.165) is 16.8 Å². The molecule has 4 rings (SSSR count). The average Bonchev–Trinajstić information content (AvgIpc) is 3.40. The lowest BCUT2D eigenvalue weighted by atomic mass is 10.1. The van der Waals surface area contributed by atoms with E-state index in [4.69, 9.17) is 25.5 Å². The zero-order chi connectivity index (χ0) is 26.0. The van der Waals surface area contributed by atoms with Crippen LogP contribution in [-0.4, -0.2) is 35.9 Å². The lowest BCUT2D eigenvalue weighted by Gasteiger charge is -2.17. The van der Waals surface area contributed by atoms with Crippen molar-refractivity contribution in [1.82, 2.24) is 15.5 Å². The molecule has 0 aliphatic heterocycles. The molecule has 0 saturated heterocycles. The number of para-hydroxylation sites is 1. The van der Waals surface area contributed by atoms with Crippen LogP contribution in [0.15, 0.2) is 77.2 Å². The summed E-state index contributed by atoms with van der Waals surface area (Å²) in [5, 5.41) is 15.0. The van der Waals surface area contributed by atoms with Crippen LogP contribution in [0.5, 0.6) is 11.5 Å². The number of rotatable bonds is 12. The van der Waals surface area contributed by atoms with Gasteiger partial charge in [0.25, 0.3) is 0 Å². The highest BCUT2D eigenvalue weighted by Gasteiger charge is 2.23. The van der Waals surface area contributed by atoms with Gasteiger partial charge in [-0.1, -0.05) is 48.0 Å². The first kappa shape index (κ1) is 26.0. The van der Waals surface area contributed by atoms with Crippen molar-refractivity contribution in [3.8, 4) is 11.5 Å². The van der Waals surface area contributed by atoms with Crippen molar-refractivity contribution >= 4 is 23.2 Å². The van der Waals surface area contributed by atoms with E-state index in [-0.39, 0.29) is 11.8 Å². The van der Waals surface area contributed by atoms with Gasteiger partial charge in [-0.05, 0) is 67.8 Å². The number of halogens is 1. The minimum Gasteiger partial charge on any atom is -0.490 e. The molecule has 1 atom stereocenters. The average molecular weight is 521 g/mol. The Morgan fingerprint density at radius 2 is 1.68 bits per heavy atom. The highest BCUT2D eigenvalue weighted by Crippen LogP contribution is 2.29. The van der Waals surface area contributed by atoms with Gasteiger partial charge in [0, 0.05) is 17.3 Å². The van der Waals surface area contributed by atoms with E-state index in [2.05, 4.69) is 20.8 Å². The van der Waals surface area contributed by atoms with E-state index in [0.29, 0.717) is 42.7 Å². The first-order valence-electron chi connectivity index (χ1n) is 12.1. The second kappa shape index (κ2) is 12.8. The summed E-state index contributed by atoms with van der Waals surface area (Å²) in [5.41, 5.74) is 2.74. The summed E-state index contributed by atoms with van der Waals surface area (Å²) in [7, 11) is 0. The molecular weight excluding hydrogens is 492 g/mol. The van der Waals surface area contributed by atoms with Gasteiger partial charge >= 0.3 is 11.8 Å². The number of nitrogens with one attached hydrogen (secondary N) is 2. The zero-order valence-corrected chi connectivity index (χ0v) is 21.5. The van der Waals surface area contributed by atoms with Crippen molar-refractivity contribution in [2.24, 2.45) is 0 Å². The second-order valence-corrected chi connectivity index (χ2v) is 8.53. The Labute approximate surface area is 221 Å². The van der Waals surface area contributed by atoms with E-state index in [9.17, 15) is 4.79 Å². The number of hydrogen-bond donors (Lipinski definition) is 2. The normalized spacial score (nSPS) is 11.5. The Balaban J connectivity index is 1.42. The molecule has 1 heterocycles. The quantitative estimate of drug-likeness (QED) is 0.247. The van der Waals surface area contributed by atoms with Crippen molar-refractivity contribution in [2.45, 2.75) is 26.3 Å². The number of benzene rings is 3. The summed E-state index contributed by atoms with van der Waals surface area (Å²) in [6.45, 7) is 5.34. The maximum absolute atomic E-state index is 12.7. The molecule has 8 nitrogen and oxygen atoms in total. The third-order valence-electron chi connectivity index (χ3n) is 5.48. The van der Waals surface area contributed by atoms with Gasteiger partial charge in [-0.2, -0.15) is 0 Å². The first-order chi connectivity index (χ1) is 18.1. The molecule has 4 aromatic rings. The first-order valence-corrected chi connectivity index (χ1v) is 12.5. The van der Waals surface area contributed by atoms with Crippen molar-refractivity contribution in [1.29, 1.82) is 0 Å². The lowest BCUT2D eigenvalue weighted by Crippen LogP contribution is -2.26. The molecule has 0 aliphatic carbocycles. The number of carbonyl (C=O) groups excluding carboxylic acids is 1. The molecule has 37 heavy (non-hydrogen) atoms. The van der Waals surface area contributed by atoms with Gasteiger partial charge in [0.05, 0.1) is 13.2 Å². The predicted octanol–water partition coefficient (Wildman–Crippen LogP) is 5.69. The maximum atomic E-state index is 12.7. The van der Waals surface area contributed by atoms with Crippen molar-refractivity contribution in [3.05, 3.63) is 101 Å². The highest BCUT2D eigenvalue weighted by molar-refractivity contribution is 6.30. The molecule has 0 saturated carbocycles. The molecule has 3 aromatic carbocycles. The van der Waals surface area contributed by atoms with E-state index in [1.165, 1.54) is 0 Å². The van der Waals surface area contributed by atoms with Gasteiger partial charge in [0.2, 0.25) is 5.89 Å². The summed E-state index contributed by atoms with van der Waals surface area (Å²) in [4.78, 5) is 12.7. The minimum atomic E-state index is -0.463. The molecule has 9 heteroatoms. The Hall–Kier alpha value is -4.04. The van der Waals surface area contributed by atoms with Crippen LogP contribution in [0.3, 0.4) is 0 Å². The van der Waals surface area contributed by atoms with Crippen molar-refractivity contribution in [2.75, 3.05) is 25.1 Å². The minimum absolute atomic E-state index is 0.106. The van der Waals surface area contributed by atoms with Crippen LogP contribution in [-0.2, 0) is 6.42 Å². The second-order valence-electron chi connectivity index (χ2n) is 8.09. The molecule has 1 aromatic heterocycles. The van der Waals surface area contributed by atoms with E-state index in [1.807, 2.05) is 74.5 Å². The fourth-order valence-corrected chi connectivity index (χ4v) is 3.86. The Kier molecular flexibility index (Phi) is 8.99. The van der Waals surface area contributed by atoms with E-state index < -0.39 is 11.9 Å². The SMILES string of the molecule is CCOc1ccc(CCNC(=O)c2nnc([C@H](Nc3ccccc3)c3ccc(Cl)cc3)o2)cc1OCC. The zero-order valence-electron chi connectivity index (χ0n) is 20.7. The Morgan fingerprint density at radius 3 is 2.41 bits per heavy atom. The van der Waals surface area contributed by atoms with Crippen LogP contribution in [0.25, 0.3) is 0 Å². The summed E-state index contributed by atoms with van der Waals surface area (Å²) < 4.78 is 17.1. The predicted molar refractivity (Wildman–Crippen MR) is 142 cm³/mol. The molecule has 1 amide bonds. The number of amides is 1. The molecule has 2 N–H and O–H groups in total. The van der Waals surface area contributed by atoms with Gasteiger partial charge in [0.15, 0.2) is 11.5 Å². The molecular formula is C28H29ClN4O4. The lowest BCUT2D eigenvalue weighted by molar-refractivity contribution is 0.0917. The van der Waals surface area contributed by atoms with Gasteiger partial charge < -0.3 is 24.5 Å². The molecule has 0 aliphatic rings. The van der Waals surface area contributed by atoms with Gasteiger partial charge in [-0.25, -0.2) is 0 Å². The molecule has 192 valence electrons. The van der Waals surface area contributed by atoms with Crippen LogP contribution >= 0.6 is 11.6 Å². The Morgan fingerprint density at radius 1 is 0.946 bits per heavy atom. The number of ether oxygens (including phenoxy) is 2. The molecule has 0 bridgehead atoms. The van der Waals surface area contributed by atoms with Crippen molar-refractivity contribution in [3.63, 3.8) is 0 Å². The summed E-state index contributed by atoms with van der Waals surface area (Å²) in [6, 6.07) is 22.3. The molecule has 0 radical (unpaired) electrons. The van der Waals surface area contributed by atoms with Crippen LogP contribution in [0.1, 0.15) is 47.6 Å². The van der Waals surface area contributed by atoms with Gasteiger partial charge in [-0.3, -0.25) is 4.79 Å². The third-order valence-corrected chi connectivity index (χ3v) is 5.73. The Bertz CT molecular complexity index is 1300. The standard InChI is InChI=1S/C28H29ClN4O4/c1-3-35-23-15-10-19(18-24(23)36-4-2)16-17-30-26(34)28-33-32-27(37-28)25(20-11-13-21(29)14-12-20)31-22-8-6-5-7-9-22/h5-15,18,25,31H,3-4,16-17H2,1-2H3,(H,30,34)/t25-/m1/s1. The number of carbonyl (C=O) groups is 1. The fourth-order valence-electron chi connectivity index (χ4n) is 3.73. The van der Waals surface area contributed by atoms with E-state index in [1.54, 1.807) is 12.1 Å². The molecule has 0 unspecified atom stereocenters. The summed E-state index contributed by atoms with van der Waals surface area (Å²) >= 11 is 6.07. The smallest absolute Gasteiger partial charge is 0.308 e. The number of anilines is 1. The van der Waals surface area contributed by atoms with Crippen molar-refractivity contribution < 1.29 is 18.7 Å². The molecule has 0 fully saturated rings. The number of nitrogens with zero attached hydrogens (tertiary/aromatic N) is 2. The third kappa shape index (κ3) is 7.01. The van der Waals surface area contributed by atoms with Crippen LogP contribution < -0.4 is 20.1 Å². The highest BCUT2D eigenvalue weighted by atomic mass is 35.5. The number of hydrogen-bond acceptors (Lipinski definition) is 7. The van der Waals surface area contributed by atoms with E-state index >= 15 is 0 Å². The molecule has 0 spiro atoms.